The third-order valence-corrected chi connectivity index (χ3v) is 3.15. The summed E-state index contributed by atoms with van der Waals surface area (Å²) < 4.78 is 15.9. The Kier molecular flexibility index (Phi) is 4.49. The largest absolute Gasteiger partial charge is 0.493 e. The molecule has 21 heavy (non-hydrogen) atoms. The monoisotopic (exact) mass is 287 g/mol. The Morgan fingerprint density at radius 3 is 2.95 bits per heavy atom. The Morgan fingerprint density at radius 2 is 2.33 bits per heavy atom. The van der Waals surface area contributed by atoms with Crippen LogP contribution in [0.5, 0.6) is 11.5 Å². The fourth-order valence-electron chi connectivity index (χ4n) is 2.25. The molecule has 1 aromatic rings. The lowest BCUT2D eigenvalue weighted by Crippen LogP contribution is -2.05. The Bertz CT molecular complexity index is 628. The maximum Gasteiger partial charge on any atom is 0.348 e. The second-order valence-electron chi connectivity index (χ2n) is 4.72. The average molecular weight is 287 g/mol. The lowest BCUT2D eigenvalue weighted by atomic mass is 10.0. The summed E-state index contributed by atoms with van der Waals surface area (Å²) >= 11 is 0. The zero-order valence-electron chi connectivity index (χ0n) is 12.3. The van der Waals surface area contributed by atoms with E-state index in [1.54, 1.807) is 6.07 Å². The first-order valence-corrected chi connectivity index (χ1v) is 6.75. The second-order valence-corrected chi connectivity index (χ2v) is 4.72. The van der Waals surface area contributed by atoms with Crippen LogP contribution in [0.3, 0.4) is 0 Å². The van der Waals surface area contributed by atoms with Gasteiger partial charge in [0.15, 0.2) is 0 Å². The van der Waals surface area contributed by atoms with Gasteiger partial charge in [-0.1, -0.05) is 0 Å². The zero-order chi connectivity index (χ0) is 15.4. The number of hydrogen-bond acceptors (Lipinski definition) is 5. The first kappa shape index (κ1) is 14.9. The van der Waals surface area contributed by atoms with Gasteiger partial charge in [0.05, 0.1) is 13.7 Å². The van der Waals surface area contributed by atoms with Crippen molar-refractivity contribution >= 4 is 12.0 Å². The number of carbonyl (C=O) groups excluding carboxylic acids is 1. The normalized spacial score (nSPS) is 16.7. The molecule has 0 saturated heterocycles. The summed E-state index contributed by atoms with van der Waals surface area (Å²) in [7, 11) is 1.24. The molecule has 0 N–H and O–H groups in total. The second kappa shape index (κ2) is 6.31. The fourth-order valence-corrected chi connectivity index (χ4v) is 2.25. The van der Waals surface area contributed by atoms with Crippen LogP contribution in [0.4, 0.5) is 0 Å². The lowest BCUT2D eigenvalue weighted by molar-refractivity contribution is -0.135. The minimum atomic E-state index is -0.672. The molecule has 0 radical (unpaired) electrons. The highest BCUT2D eigenvalue weighted by Crippen LogP contribution is 2.36. The maximum atomic E-state index is 11.5. The van der Waals surface area contributed by atoms with Crippen LogP contribution in [0.15, 0.2) is 17.7 Å². The third-order valence-electron chi connectivity index (χ3n) is 3.15. The number of fused-ring (bicyclic) bond motifs is 1. The van der Waals surface area contributed by atoms with Crippen LogP contribution in [0.1, 0.15) is 25.0 Å². The molecular weight excluding hydrogens is 270 g/mol. The molecule has 0 aromatic heterocycles. The summed E-state index contributed by atoms with van der Waals surface area (Å²) in [5.41, 5.74) is 1.62. The number of nitrogens with zero attached hydrogens (tertiary/aromatic N) is 1. The van der Waals surface area contributed by atoms with Gasteiger partial charge in [-0.05, 0) is 32.1 Å². The van der Waals surface area contributed by atoms with Crippen molar-refractivity contribution in [3.63, 3.8) is 0 Å². The minimum absolute atomic E-state index is 0.0792. The molecular formula is C16H17NO4. The van der Waals surface area contributed by atoms with Gasteiger partial charge in [0, 0.05) is 17.5 Å². The smallest absolute Gasteiger partial charge is 0.348 e. The summed E-state index contributed by atoms with van der Waals surface area (Å²) in [6.07, 6.45) is 2.40. The van der Waals surface area contributed by atoms with Crippen LogP contribution in [-0.2, 0) is 16.0 Å². The summed E-state index contributed by atoms with van der Waals surface area (Å²) in [5.74, 6) is 0.722. The molecule has 0 aliphatic carbocycles. The predicted octanol–water partition coefficient (Wildman–Crippen LogP) is 2.49. The quantitative estimate of drug-likeness (QED) is 0.483. The molecule has 2 rings (SSSR count). The van der Waals surface area contributed by atoms with E-state index in [2.05, 4.69) is 4.74 Å². The Balaban J connectivity index is 2.47. The van der Waals surface area contributed by atoms with E-state index in [9.17, 15) is 4.79 Å². The third kappa shape index (κ3) is 3.16. The van der Waals surface area contributed by atoms with Crippen LogP contribution in [0.2, 0.25) is 0 Å². The number of rotatable bonds is 4. The molecule has 0 spiro atoms. The molecule has 1 atom stereocenters. The molecule has 5 heteroatoms. The number of esters is 1. The van der Waals surface area contributed by atoms with E-state index in [4.69, 9.17) is 14.7 Å². The van der Waals surface area contributed by atoms with Crippen LogP contribution in [0, 0.1) is 11.3 Å². The van der Waals surface area contributed by atoms with E-state index < -0.39 is 5.97 Å². The SMILES string of the molecule is CCOc1cc2c(cc1/C=C(\C#N)C(=O)OC)O[C@@H](C)C2. The zero-order valence-corrected chi connectivity index (χ0v) is 12.3. The van der Waals surface area contributed by atoms with E-state index in [-0.39, 0.29) is 11.7 Å². The van der Waals surface area contributed by atoms with Gasteiger partial charge in [-0.3, -0.25) is 0 Å². The van der Waals surface area contributed by atoms with Gasteiger partial charge in [-0.25, -0.2) is 4.79 Å². The Morgan fingerprint density at radius 1 is 1.57 bits per heavy atom. The predicted molar refractivity (Wildman–Crippen MR) is 77.0 cm³/mol. The Labute approximate surface area is 123 Å². The van der Waals surface area contributed by atoms with Crippen LogP contribution < -0.4 is 9.47 Å². The van der Waals surface area contributed by atoms with Crippen molar-refractivity contribution in [1.29, 1.82) is 5.26 Å². The van der Waals surface area contributed by atoms with E-state index in [0.29, 0.717) is 17.9 Å². The molecule has 1 aliphatic rings. The van der Waals surface area contributed by atoms with Crippen molar-refractivity contribution in [2.45, 2.75) is 26.4 Å². The number of hydrogen-bond donors (Lipinski definition) is 0. The molecule has 1 aliphatic heterocycles. The van der Waals surface area contributed by atoms with Crippen molar-refractivity contribution in [3.8, 4) is 17.6 Å². The van der Waals surface area contributed by atoms with Crippen molar-refractivity contribution in [3.05, 3.63) is 28.8 Å². The number of carbonyl (C=O) groups is 1. The van der Waals surface area contributed by atoms with Gasteiger partial charge in [0.2, 0.25) is 0 Å². The summed E-state index contributed by atoms with van der Waals surface area (Å²) in [4.78, 5) is 11.5. The molecule has 5 nitrogen and oxygen atoms in total. The molecule has 0 bridgehead atoms. The number of methoxy groups -OCH3 is 1. The van der Waals surface area contributed by atoms with Gasteiger partial charge < -0.3 is 14.2 Å². The van der Waals surface area contributed by atoms with Gasteiger partial charge in [-0.15, -0.1) is 0 Å². The average Bonchev–Trinajstić information content (AvgIpc) is 2.83. The molecule has 1 heterocycles. The minimum Gasteiger partial charge on any atom is -0.493 e. The van der Waals surface area contributed by atoms with Crippen molar-refractivity contribution < 1.29 is 19.0 Å². The van der Waals surface area contributed by atoms with E-state index in [0.717, 1.165) is 17.7 Å². The summed E-state index contributed by atoms with van der Waals surface area (Å²) in [5, 5.41) is 9.05. The van der Waals surface area contributed by atoms with E-state index in [1.165, 1.54) is 13.2 Å². The molecule has 0 amide bonds. The summed E-state index contributed by atoms with van der Waals surface area (Å²) in [6, 6.07) is 5.54. The van der Waals surface area contributed by atoms with Crippen LogP contribution in [0.25, 0.3) is 6.08 Å². The maximum absolute atomic E-state index is 11.5. The first-order valence-electron chi connectivity index (χ1n) is 6.75. The van der Waals surface area contributed by atoms with Crippen LogP contribution in [-0.4, -0.2) is 25.8 Å². The van der Waals surface area contributed by atoms with Crippen molar-refractivity contribution in [1.82, 2.24) is 0 Å². The van der Waals surface area contributed by atoms with Gasteiger partial charge in [0.25, 0.3) is 0 Å². The number of nitriles is 1. The fraction of sp³-hybridized carbons (Fsp3) is 0.375. The Hall–Kier alpha value is -2.48. The van der Waals surface area contributed by atoms with E-state index in [1.807, 2.05) is 26.0 Å². The van der Waals surface area contributed by atoms with Crippen molar-refractivity contribution in [2.75, 3.05) is 13.7 Å². The number of ether oxygens (including phenoxy) is 3. The molecule has 0 saturated carbocycles. The van der Waals surface area contributed by atoms with Crippen molar-refractivity contribution in [2.24, 2.45) is 0 Å². The highest BCUT2D eigenvalue weighted by atomic mass is 16.5. The summed E-state index contributed by atoms with van der Waals surface area (Å²) in [6.45, 7) is 4.37. The standard InChI is InChI=1S/C16H17NO4/c1-4-20-14-7-11-5-10(2)21-15(11)8-12(14)6-13(9-17)16(18)19-3/h6-8,10H,4-5H2,1-3H3/b13-6+/t10-/m0/s1. The highest BCUT2D eigenvalue weighted by molar-refractivity contribution is 5.98. The molecule has 0 fully saturated rings. The van der Waals surface area contributed by atoms with Crippen LogP contribution >= 0.6 is 0 Å². The van der Waals surface area contributed by atoms with Gasteiger partial charge in [0.1, 0.15) is 29.2 Å². The first-order chi connectivity index (χ1) is 10.1. The lowest BCUT2D eigenvalue weighted by Gasteiger charge is -2.10. The van der Waals surface area contributed by atoms with E-state index >= 15 is 0 Å². The molecule has 110 valence electrons. The molecule has 0 unspecified atom stereocenters. The number of benzene rings is 1. The highest BCUT2D eigenvalue weighted by Gasteiger charge is 2.22. The topological polar surface area (TPSA) is 68.5 Å². The molecule has 1 aromatic carbocycles. The van der Waals surface area contributed by atoms with Gasteiger partial charge >= 0.3 is 5.97 Å². The van der Waals surface area contributed by atoms with Gasteiger partial charge in [-0.2, -0.15) is 5.26 Å².